The van der Waals surface area contributed by atoms with Gasteiger partial charge >= 0.3 is 6.09 Å². The first-order chi connectivity index (χ1) is 12.5. The molecule has 0 aromatic heterocycles. The third-order valence-electron chi connectivity index (χ3n) is 6.02. The van der Waals surface area contributed by atoms with Crippen LogP contribution in [-0.4, -0.2) is 42.9 Å². The molecule has 1 aromatic rings. The number of hydrogen-bond acceptors (Lipinski definition) is 4. The first-order valence-electron chi connectivity index (χ1n) is 9.10. The molecule has 3 aliphatic rings. The number of amides is 2. The van der Waals surface area contributed by atoms with Crippen molar-refractivity contribution in [2.24, 2.45) is 17.8 Å². The van der Waals surface area contributed by atoms with Crippen LogP contribution in [0.1, 0.15) is 31.2 Å². The van der Waals surface area contributed by atoms with E-state index in [1.807, 2.05) is 0 Å². The summed E-state index contributed by atoms with van der Waals surface area (Å²) >= 11 is 0. The minimum Gasteiger partial charge on any atom is -0.442 e. The molecule has 2 saturated carbocycles. The molecule has 2 N–H and O–H groups in total. The maximum atomic E-state index is 14.7. The summed E-state index contributed by atoms with van der Waals surface area (Å²) in [6.45, 7) is 2.16. The van der Waals surface area contributed by atoms with Gasteiger partial charge in [-0.05, 0) is 54.2 Å². The van der Waals surface area contributed by atoms with Crippen LogP contribution in [0, 0.1) is 23.6 Å². The van der Waals surface area contributed by atoms with E-state index in [0.29, 0.717) is 29.0 Å². The summed E-state index contributed by atoms with van der Waals surface area (Å²) in [5.41, 5.74) is 1.16. The van der Waals surface area contributed by atoms with Gasteiger partial charge in [0.2, 0.25) is 5.91 Å². The molecule has 140 valence electrons. The third-order valence-corrected chi connectivity index (χ3v) is 6.02. The number of aliphatic hydroxyl groups excluding tert-OH is 1. The molecule has 2 aliphatic carbocycles. The Labute approximate surface area is 151 Å². The zero-order valence-corrected chi connectivity index (χ0v) is 14.7. The van der Waals surface area contributed by atoms with Crippen molar-refractivity contribution in [3.8, 4) is 0 Å². The Morgan fingerprint density at radius 1 is 1.38 bits per heavy atom. The minimum absolute atomic E-state index is 0.187. The van der Waals surface area contributed by atoms with Crippen LogP contribution in [0.25, 0.3) is 0 Å². The second-order valence-electron chi connectivity index (χ2n) is 7.60. The van der Waals surface area contributed by atoms with Gasteiger partial charge in [-0.3, -0.25) is 9.69 Å². The molecule has 6 nitrogen and oxygen atoms in total. The molecular formula is C19H23FN2O4. The summed E-state index contributed by atoms with van der Waals surface area (Å²) in [5.74, 6) is 1.19. The quantitative estimate of drug-likeness (QED) is 0.840. The maximum Gasteiger partial charge on any atom is 0.414 e. The molecule has 0 radical (unpaired) electrons. The molecule has 1 aromatic carbocycles. The van der Waals surface area contributed by atoms with E-state index in [4.69, 9.17) is 4.74 Å². The highest BCUT2D eigenvalue weighted by molar-refractivity contribution is 5.89. The summed E-state index contributed by atoms with van der Waals surface area (Å²) < 4.78 is 19.9. The number of cyclic esters (lactones) is 1. The van der Waals surface area contributed by atoms with Gasteiger partial charge in [0, 0.05) is 13.5 Å². The molecule has 7 heteroatoms. The van der Waals surface area contributed by atoms with Crippen molar-refractivity contribution >= 4 is 17.7 Å². The zero-order valence-electron chi connectivity index (χ0n) is 14.7. The predicted molar refractivity (Wildman–Crippen MR) is 92.2 cm³/mol. The van der Waals surface area contributed by atoms with Gasteiger partial charge in [-0.15, -0.1) is 0 Å². The van der Waals surface area contributed by atoms with Gasteiger partial charge in [0.25, 0.3) is 0 Å². The minimum atomic E-state index is -0.527. The van der Waals surface area contributed by atoms with E-state index in [0.717, 1.165) is 12.8 Å². The van der Waals surface area contributed by atoms with Crippen LogP contribution >= 0.6 is 0 Å². The largest absolute Gasteiger partial charge is 0.442 e. The number of carbonyl (C=O) groups is 2. The second kappa shape index (κ2) is 6.54. The number of rotatable bonds is 5. The molecular weight excluding hydrogens is 339 g/mol. The number of aliphatic hydroxyl groups is 1. The highest BCUT2D eigenvalue weighted by Gasteiger charge is 2.55. The Morgan fingerprint density at radius 2 is 2.12 bits per heavy atom. The van der Waals surface area contributed by atoms with Crippen LogP contribution in [0.3, 0.4) is 0 Å². The molecule has 0 bridgehead atoms. The molecule has 1 saturated heterocycles. The summed E-state index contributed by atoms with van der Waals surface area (Å²) in [5, 5.41) is 11.9. The van der Waals surface area contributed by atoms with E-state index in [2.05, 4.69) is 5.32 Å². The van der Waals surface area contributed by atoms with Crippen LogP contribution in [-0.2, 0) is 9.53 Å². The Balaban J connectivity index is 1.42. The molecule has 0 spiro atoms. The number of halogens is 1. The number of anilines is 1. The highest BCUT2D eigenvalue weighted by atomic mass is 19.1. The van der Waals surface area contributed by atoms with Crippen LogP contribution in [0.2, 0.25) is 0 Å². The van der Waals surface area contributed by atoms with E-state index < -0.39 is 12.2 Å². The first kappa shape index (κ1) is 17.3. The topological polar surface area (TPSA) is 78.9 Å². The molecule has 3 atom stereocenters. The summed E-state index contributed by atoms with van der Waals surface area (Å²) in [6.07, 6.45) is 0.889. The van der Waals surface area contributed by atoms with Crippen molar-refractivity contribution in [3.63, 3.8) is 0 Å². The van der Waals surface area contributed by atoms with Gasteiger partial charge in [-0.25, -0.2) is 9.18 Å². The number of nitrogens with one attached hydrogen (secondary N) is 1. The molecule has 2 amide bonds. The second-order valence-corrected chi connectivity index (χ2v) is 7.60. The Hall–Kier alpha value is -2.15. The van der Waals surface area contributed by atoms with Crippen molar-refractivity contribution in [2.45, 2.75) is 31.8 Å². The number of ether oxygens (including phenoxy) is 1. The number of fused-ring (bicyclic) bond motifs is 1. The van der Waals surface area contributed by atoms with Gasteiger partial charge in [0.15, 0.2) is 0 Å². The summed E-state index contributed by atoms with van der Waals surface area (Å²) in [4.78, 5) is 24.4. The zero-order chi connectivity index (χ0) is 18.4. The van der Waals surface area contributed by atoms with Crippen molar-refractivity contribution in [1.29, 1.82) is 0 Å². The fraction of sp³-hybridized carbons (Fsp3) is 0.579. The van der Waals surface area contributed by atoms with Gasteiger partial charge in [-0.2, -0.15) is 0 Å². The van der Waals surface area contributed by atoms with Gasteiger partial charge in [0.1, 0.15) is 11.9 Å². The first-order valence-corrected chi connectivity index (χ1v) is 9.10. The van der Waals surface area contributed by atoms with Crippen LogP contribution in [0.4, 0.5) is 14.9 Å². The fourth-order valence-corrected chi connectivity index (χ4v) is 4.61. The average molecular weight is 362 g/mol. The lowest BCUT2D eigenvalue weighted by Crippen LogP contribution is -2.33. The van der Waals surface area contributed by atoms with Crippen molar-refractivity contribution in [3.05, 3.63) is 29.6 Å². The molecule has 0 unspecified atom stereocenters. The lowest BCUT2D eigenvalue weighted by molar-refractivity contribution is -0.119. The Morgan fingerprint density at radius 3 is 2.73 bits per heavy atom. The average Bonchev–Trinajstić information content (AvgIpc) is 2.93. The van der Waals surface area contributed by atoms with E-state index >= 15 is 0 Å². The van der Waals surface area contributed by atoms with Crippen molar-refractivity contribution in [1.82, 2.24) is 5.32 Å². The molecule has 3 fully saturated rings. The monoisotopic (exact) mass is 362 g/mol. The normalized spacial score (nSPS) is 30.3. The standard InChI is InChI=1S/C19H23FN2O4/c1-10(24)21-7-13-8-22(19(25)26-13)12-2-3-14(18(20)6-12)11-4-15-16(5-11)17(15)9-23/h2-3,6,11,13,15-17,23H,4-5,7-9H2,1H3,(H,21,24)/t11?,13-,15-,16-,17?/m0/s1. The fourth-order valence-electron chi connectivity index (χ4n) is 4.61. The number of nitrogens with zero attached hydrogens (tertiary/aromatic N) is 1. The van der Waals surface area contributed by atoms with E-state index in [-0.39, 0.29) is 37.3 Å². The van der Waals surface area contributed by atoms with Crippen LogP contribution in [0.5, 0.6) is 0 Å². The lowest BCUT2D eigenvalue weighted by Gasteiger charge is -2.18. The van der Waals surface area contributed by atoms with Crippen molar-refractivity contribution in [2.75, 3.05) is 24.6 Å². The van der Waals surface area contributed by atoms with Crippen LogP contribution in [0.15, 0.2) is 18.2 Å². The lowest BCUT2D eigenvalue weighted by atomic mass is 9.91. The highest BCUT2D eigenvalue weighted by Crippen LogP contribution is 2.62. The van der Waals surface area contributed by atoms with Gasteiger partial charge in [-0.1, -0.05) is 6.07 Å². The molecule has 1 aliphatic heterocycles. The Bertz CT molecular complexity index is 728. The summed E-state index contributed by atoms with van der Waals surface area (Å²) in [6, 6.07) is 4.92. The SMILES string of the molecule is CC(=O)NC[C@H]1CN(c2ccc(C3C[C@@H]4C(CO)[C@H]4C3)c(F)c2)C(=O)O1. The molecule has 1 heterocycles. The summed E-state index contributed by atoms with van der Waals surface area (Å²) in [7, 11) is 0. The number of hydrogen-bond donors (Lipinski definition) is 2. The van der Waals surface area contributed by atoms with E-state index in [9.17, 15) is 19.1 Å². The van der Waals surface area contributed by atoms with E-state index in [1.165, 1.54) is 17.9 Å². The van der Waals surface area contributed by atoms with Crippen molar-refractivity contribution < 1.29 is 23.8 Å². The molecule has 26 heavy (non-hydrogen) atoms. The van der Waals surface area contributed by atoms with Crippen LogP contribution < -0.4 is 10.2 Å². The predicted octanol–water partition coefficient (Wildman–Crippen LogP) is 2.02. The molecule has 4 rings (SSSR count). The number of carbonyl (C=O) groups excluding carboxylic acids is 2. The maximum absolute atomic E-state index is 14.7. The Kier molecular flexibility index (Phi) is 4.34. The number of benzene rings is 1. The van der Waals surface area contributed by atoms with E-state index in [1.54, 1.807) is 12.1 Å². The third kappa shape index (κ3) is 3.05. The van der Waals surface area contributed by atoms with Gasteiger partial charge < -0.3 is 15.2 Å². The smallest absolute Gasteiger partial charge is 0.414 e. The van der Waals surface area contributed by atoms with Gasteiger partial charge in [0.05, 0.1) is 18.8 Å².